The number of hydrogen-bond donors (Lipinski definition) is 0. The highest BCUT2D eigenvalue weighted by Crippen LogP contribution is 2.46. The predicted octanol–water partition coefficient (Wildman–Crippen LogP) is 2.91. The molecule has 2 aliphatic rings. The van der Waals surface area contributed by atoms with Crippen LogP contribution in [0.2, 0.25) is 0 Å². The average Bonchev–Trinajstić information content (AvgIpc) is 2.76. The van der Waals surface area contributed by atoms with Crippen LogP contribution in [0.5, 0.6) is 0 Å². The maximum absolute atomic E-state index is 12.0. The van der Waals surface area contributed by atoms with Gasteiger partial charge in [0.05, 0.1) is 18.2 Å². The Morgan fingerprint density at radius 3 is 2.82 bits per heavy atom. The number of carbonyl (C=O) groups excluding carboxylic acids is 1. The monoisotopic (exact) mass is 232 g/mol. The van der Waals surface area contributed by atoms with Gasteiger partial charge in [-0.1, -0.05) is 19.8 Å². The Kier molecular flexibility index (Phi) is 2.57. The summed E-state index contributed by atoms with van der Waals surface area (Å²) in [7, 11) is 0. The van der Waals surface area contributed by atoms with Crippen LogP contribution in [0.15, 0.2) is 12.3 Å². The van der Waals surface area contributed by atoms with Crippen LogP contribution in [0.25, 0.3) is 0 Å². The van der Waals surface area contributed by atoms with Crippen LogP contribution >= 0.6 is 0 Å². The molecule has 0 aliphatic heterocycles. The standard InChI is InChI=1S/C14H20N2O/c1-14(7-8-14)13(17)10-11-6-9-16(15-11)12-4-2-3-5-12/h6,9,12H,2-5,7-8,10H2,1H3. The summed E-state index contributed by atoms with van der Waals surface area (Å²) in [5.41, 5.74) is 0.937. The van der Waals surface area contributed by atoms with Gasteiger partial charge in [-0.05, 0) is 31.7 Å². The second-order valence-electron chi connectivity index (χ2n) is 5.89. The van der Waals surface area contributed by atoms with E-state index in [0.29, 0.717) is 18.2 Å². The molecule has 2 aliphatic carbocycles. The minimum absolute atomic E-state index is 0.0167. The maximum atomic E-state index is 12.0. The lowest BCUT2D eigenvalue weighted by atomic mass is 10.00. The van der Waals surface area contributed by atoms with E-state index in [-0.39, 0.29) is 5.41 Å². The Morgan fingerprint density at radius 2 is 2.18 bits per heavy atom. The average molecular weight is 232 g/mol. The van der Waals surface area contributed by atoms with E-state index >= 15 is 0 Å². The molecular weight excluding hydrogens is 212 g/mol. The Morgan fingerprint density at radius 1 is 1.47 bits per heavy atom. The zero-order valence-corrected chi connectivity index (χ0v) is 10.5. The van der Waals surface area contributed by atoms with Crippen LogP contribution in [0, 0.1) is 5.41 Å². The zero-order valence-electron chi connectivity index (χ0n) is 10.5. The van der Waals surface area contributed by atoms with E-state index in [4.69, 9.17) is 0 Å². The Balaban J connectivity index is 1.66. The summed E-state index contributed by atoms with van der Waals surface area (Å²) >= 11 is 0. The van der Waals surface area contributed by atoms with E-state index in [9.17, 15) is 4.79 Å². The molecule has 0 atom stereocenters. The summed E-state index contributed by atoms with van der Waals surface area (Å²) in [5, 5.41) is 4.57. The van der Waals surface area contributed by atoms with Crippen LogP contribution in [0.1, 0.15) is 57.2 Å². The SMILES string of the molecule is CC1(C(=O)Cc2ccn(C3CCCC3)n2)CC1. The minimum atomic E-state index is -0.0167. The third-order valence-electron chi connectivity index (χ3n) is 4.38. The van der Waals surface area contributed by atoms with Crippen molar-refractivity contribution in [2.24, 2.45) is 5.41 Å². The molecule has 0 amide bonds. The number of aromatic nitrogens is 2. The van der Waals surface area contributed by atoms with Crippen molar-refractivity contribution in [1.29, 1.82) is 0 Å². The number of nitrogens with zero attached hydrogens (tertiary/aromatic N) is 2. The highest BCUT2D eigenvalue weighted by atomic mass is 16.1. The van der Waals surface area contributed by atoms with Crippen molar-refractivity contribution < 1.29 is 4.79 Å². The van der Waals surface area contributed by atoms with Crippen LogP contribution < -0.4 is 0 Å². The van der Waals surface area contributed by atoms with Crippen molar-refractivity contribution >= 4 is 5.78 Å². The second kappa shape index (κ2) is 3.97. The molecule has 1 aromatic rings. The first-order valence-electron chi connectivity index (χ1n) is 6.75. The van der Waals surface area contributed by atoms with Crippen LogP contribution in [0.4, 0.5) is 0 Å². The first kappa shape index (κ1) is 11.0. The van der Waals surface area contributed by atoms with Gasteiger partial charge in [-0.3, -0.25) is 9.48 Å². The summed E-state index contributed by atoms with van der Waals surface area (Å²) in [4.78, 5) is 12.0. The first-order valence-corrected chi connectivity index (χ1v) is 6.75. The Labute approximate surface area is 102 Å². The van der Waals surface area contributed by atoms with Gasteiger partial charge in [0.2, 0.25) is 0 Å². The number of rotatable bonds is 4. The molecule has 0 spiro atoms. The van der Waals surface area contributed by atoms with E-state index in [1.54, 1.807) is 0 Å². The molecule has 3 nitrogen and oxygen atoms in total. The van der Waals surface area contributed by atoms with Gasteiger partial charge in [0, 0.05) is 11.6 Å². The Hall–Kier alpha value is -1.12. The fourth-order valence-electron chi connectivity index (χ4n) is 2.69. The van der Waals surface area contributed by atoms with Gasteiger partial charge in [0.15, 0.2) is 0 Å². The lowest BCUT2D eigenvalue weighted by Gasteiger charge is -2.09. The van der Waals surface area contributed by atoms with Gasteiger partial charge in [0.25, 0.3) is 0 Å². The number of hydrogen-bond acceptors (Lipinski definition) is 2. The quantitative estimate of drug-likeness (QED) is 0.800. The number of carbonyl (C=O) groups is 1. The van der Waals surface area contributed by atoms with Gasteiger partial charge in [-0.25, -0.2) is 0 Å². The molecule has 0 saturated heterocycles. The van der Waals surface area contributed by atoms with Crippen LogP contribution in [-0.4, -0.2) is 15.6 Å². The lowest BCUT2D eigenvalue weighted by Crippen LogP contribution is -2.15. The third-order valence-corrected chi connectivity index (χ3v) is 4.38. The predicted molar refractivity (Wildman–Crippen MR) is 65.8 cm³/mol. The fraction of sp³-hybridized carbons (Fsp3) is 0.714. The topological polar surface area (TPSA) is 34.9 Å². The molecule has 0 unspecified atom stereocenters. The molecule has 1 heterocycles. The van der Waals surface area contributed by atoms with Gasteiger partial charge in [-0.15, -0.1) is 0 Å². The molecule has 3 rings (SSSR count). The lowest BCUT2D eigenvalue weighted by molar-refractivity contribution is -0.122. The highest BCUT2D eigenvalue weighted by molar-refractivity contribution is 5.88. The molecule has 2 saturated carbocycles. The number of ketones is 1. The van der Waals surface area contributed by atoms with Gasteiger partial charge >= 0.3 is 0 Å². The Bertz CT molecular complexity index is 425. The van der Waals surface area contributed by atoms with Gasteiger partial charge in [-0.2, -0.15) is 5.10 Å². The summed E-state index contributed by atoms with van der Waals surface area (Å²) in [6, 6.07) is 2.59. The largest absolute Gasteiger partial charge is 0.299 e. The van der Waals surface area contributed by atoms with Crippen molar-refractivity contribution in [3.05, 3.63) is 18.0 Å². The molecule has 0 aromatic carbocycles. The van der Waals surface area contributed by atoms with Gasteiger partial charge < -0.3 is 0 Å². The molecule has 1 aromatic heterocycles. The normalized spacial score (nSPS) is 22.9. The summed E-state index contributed by atoms with van der Waals surface area (Å²) in [6.45, 7) is 2.07. The van der Waals surface area contributed by atoms with Crippen LogP contribution in [0.3, 0.4) is 0 Å². The molecule has 0 bridgehead atoms. The second-order valence-corrected chi connectivity index (χ2v) is 5.89. The molecule has 3 heteroatoms. The zero-order chi connectivity index (χ0) is 11.9. The first-order chi connectivity index (χ1) is 8.17. The van der Waals surface area contributed by atoms with E-state index in [1.807, 2.05) is 12.3 Å². The fourth-order valence-corrected chi connectivity index (χ4v) is 2.69. The van der Waals surface area contributed by atoms with E-state index in [2.05, 4.69) is 16.7 Å². The highest BCUT2D eigenvalue weighted by Gasteiger charge is 2.44. The molecule has 0 radical (unpaired) electrons. The minimum Gasteiger partial charge on any atom is -0.299 e. The van der Waals surface area contributed by atoms with E-state index in [0.717, 1.165) is 18.5 Å². The third kappa shape index (κ3) is 2.15. The van der Waals surface area contributed by atoms with Crippen molar-refractivity contribution in [3.63, 3.8) is 0 Å². The van der Waals surface area contributed by atoms with Gasteiger partial charge in [0.1, 0.15) is 5.78 Å². The summed E-state index contributed by atoms with van der Waals surface area (Å²) < 4.78 is 2.07. The molecular formula is C14H20N2O. The van der Waals surface area contributed by atoms with Crippen molar-refractivity contribution in [3.8, 4) is 0 Å². The molecule has 92 valence electrons. The molecule has 17 heavy (non-hydrogen) atoms. The van der Waals surface area contributed by atoms with Crippen LogP contribution in [-0.2, 0) is 11.2 Å². The van der Waals surface area contributed by atoms with Crippen molar-refractivity contribution in [2.75, 3.05) is 0 Å². The summed E-state index contributed by atoms with van der Waals surface area (Å²) in [6.07, 6.45) is 9.82. The molecule has 2 fully saturated rings. The smallest absolute Gasteiger partial charge is 0.144 e. The van der Waals surface area contributed by atoms with Crippen molar-refractivity contribution in [2.45, 2.75) is 57.9 Å². The van der Waals surface area contributed by atoms with Crippen molar-refractivity contribution in [1.82, 2.24) is 9.78 Å². The van der Waals surface area contributed by atoms with E-state index in [1.165, 1.54) is 25.7 Å². The summed E-state index contributed by atoms with van der Waals surface area (Å²) in [5.74, 6) is 0.370. The van der Waals surface area contributed by atoms with E-state index < -0.39 is 0 Å². The molecule has 0 N–H and O–H groups in total. The maximum Gasteiger partial charge on any atom is 0.144 e. The number of Topliss-reactive ketones (excluding diaryl/α,β-unsaturated/α-hetero) is 1.